The fourth-order valence-corrected chi connectivity index (χ4v) is 6.83. The first kappa shape index (κ1) is 22.8. The van der Waals surface area contributed by atoms with Crippen molar-refractivity contribution in [3.05, 3.63) is 59.3 Å². The third kappa shape index (κ3) is 3.98. The summed E-state index contributed by atoms with van der Waals surface area (Å²) in [7, 11) is 0. The van der Waals surface area contributed by atoms with Crippen LogP contribution in [-0.2, 0) is 11.3 Å². The number of likely N-dealkylation sites (tertiary alicyclic amines) is 1. The molecule has 1 aromatic heterocycles. The van der Waals surface area contributed by atoms with Gasteiger partial charge in [0.05, 0.1) is 11.7 Å². The average Bonchev–Trinajstić information content (AvgIpc) is 3.49. The third-order valence-electron chi connectivity index (χ3n) is 8.83. The van der Waals surface area contributed by atoms with Crippen LogP contribution < -0.4 is 10.1 Å². The number of nitrogens with zero attached hydrogens (tertiary/aromatic N) is 3. The van der Waals surface area contributed by atoms with Crippen LogP contribution in [0.4, 0.5) is 0 Å². The smallest absolute Gasteiger partial charge is 0.255 e. The average molecular weight is 500 g/mol. The highest BCUT2D eigenvalue weighted by molar-refractivity contribution is 6.01. The van der Waals surface area contributed by atoms with E-state index in [2.05, 4.69) is 38.6 Å². The first-order valence-electron chi connectivity index (χ1n) is 13.7. The van der Waals surface area contributed by atoms with Crippen molar-refractivity contribution in [2.75, 3.05) is 19.6 Å². The van der Waals surface area contributed by atoms with E-state index in [-0.39, 0.29) is 24.0 Å². The van der Waals surface area contributed by atoms with Gasteiger partial charge < -0.3 is 15.0 Å². The number of carbonyl (C=O) groups is 2. The van der Waals surface area contributed by atoms with E-state index in [1.54, 1.807) is 4.90 Å². The second-order valence-electron chi connectivity index (χ2n) is 11.0. The standard InChI is InChI=1S/C29H33N5O3/c35-28-26(8-4-12-30-28)34-17-18-13-20(10-11-22(18)29(34)36)37-27-9-2-1-7-25(27)33-15-19(16-33)21-5-3-6-24-23(21)14-31-32-24/h3,5-6,10-11,13-14,19,25-27H,1-2,4,7-9,12,15-17H2,(H,30,35)(H,31,32)/t25-,26?,27+/m1/s1. The molecule has 2 saturated heterocycles. The Morgan fingerprint density at radius 2 is 1.89 bits per heavy atom. The highest BCUT2D eigenvalue weighted by Gasteiger charge is 2.41. The summed E-state index contributed by atoms with van der Waals surface area (Å²) < 4.78 is 6.62. The van der Waals surface area contributed by atoms with Crippen LogP contribution >= 0.6 is 0 Å². The molecule has 0 bridgehead atoms. The lowest BCUT2D eigenvalue weighted by molar-refractivity contribution is -0.127. The van der Waals surface area contributed by atoms with Gasteiger partial charge in [-0.1, -0.05) is 18.6 Å². The summed E-state index contributed by atoms with van der Waals surface area (Å²) >= 11 is 0. The lowest BCUT2D eigenvalue weighted by Crippen LogP contribution is -2.57. The lowest BCUT2D eigenvalue weighted by atomic mass is 9.83. The van der Waals surface area contributed by atoms with Crippen molar-refractivity contribution in [2.45, 2.75) is 69.2 Å². The molecule has 1 unspecified atom stereocenters. The van der Waals surface area contributed by atoms with Gasteiger partial charge in [-0.25, -0.2) is 0 Å². The summed E-state index contributed by atoms with van der Waals surface area (Å²) in [6.07, 6.45) is 8.35. The van der Waals surface area contributed by atoms with Crippen LogP contribution in [0.3, 0.4) is 0 Å². The Labute approximate surface area is 216 Å². The summed E-state index contributed by atoms with van der Waals surface area (Å²) in [6, 6.07) is 12.3. The molecule has 4 aliphatic rings. The number of fused-ring (bicyclic) bond motifs is 2. The maximum atomic E-state index is 13.0. The number of ether oxygens (including phenoxy) is 1. The zero-order valence-electron chi connectivity index (χ0n) is 21.0. The van der Waals surface area contributed by atoms with Crippen LogP contribution in [0.1, 0.15) is 65.9 Å². The number of piperidine rings is 1. The Bertz CT molecular complexity index is 1350. The van der Waals surface area contributed by atoms with Crippen molar-refractivity contribution in [3.63, 3.8) is 0 Å². The highest BCUT2D eigenvalue weighted by Crippen LogP contribution is 2.38. The van der Waals surface area contributed by atoms with Crippen molar-refractivity contribution >= 4 is 22.7 Å². The second kappa shape index (κ2) is 9.17. The van der Waals surface area contributed by atoms with Gasteiger partial charge in [-0.05, 0) is 67.5 Å². The number of nitrogens with one attached hydrogen (secondary N) is 2. The Morgan fingerprint density at radius 3 is 2.78 bits per heavy atom. The predicted octanol–water partition coefficient (Wildman–Crippen LogP) is 3.59. The Balaban J connectivity index is 1.04. The zero-order valence-corrected chi connectivity index (χ0v) is 21.0. The second-order valence-corrected chi connectivity index (χ2v) is 11.0. The monoisotopic (exact) mass is 499 g/mol. The molecule has 8 heteroatoms. The number of benzene rings is 2. The normalized spacial score (nSPS) is 26.7. The molecule has 0 spiro atoms. The van der Waals surface area contributed by atoms with E-state index in [1.165, 1.54) is 23.8 Å². The molecule has 3 aromatic rings. The number of carbonyl (C=O) groups excluding carboxylic acids is 2. The van der Waals surface area contributed by atoms with Gasteiger partial charge in [0.1, 0.15) is 17.9 Å². The number of amides is 2. The maximum Gasteiger partial charge on any atom is 0.255 e. The minimum absolute atomic E-state index is 0.0363. The van der Waals surface area contributed by atoms with Crippen molar-refractivity contribution in [2.24, 2.45) is 0 Å². The van der Waals surface area contributed by atoms with Gasteiger partial charge in [0.2, 0.25) is 5.91 Å². The van der Waals surface area contributed by atoms with Gasteiger partial charge in [0.15, 0.2) is 0 Å². The predicted molar refractivity (Wildman–Crippen MR) is 139 cm³/mol. The van der Waals surface area contributed by atoms with E-state index in [1.807, 2.05) is 24.4 Å². The molecule has 3 atom stereocenters. The van der Waals surface area contributed by atoms with Crippen LogP contribution in [0.5, 0.6) is 5.75 Å². The molecule has 2 N–H and O–H groups in total. The summed E-state index contributed by atoms with van der Waals surface area (Å²) in [6.45, 7) is 3.27. The maximum absolute atomic E-state index is 13.0. The van der Waals surface area contributed by atoms with Gasteiger partial charge >= 0.3 is 0 Å². The van der Waals surface area contributed by atoms with Gasteiger partial charge in [-0.15, -0.1) is 0 Å². The summed E-state index contributed by atoms with van der Waals surface area (Å²) in [5.41, 5.74) is 4.15. The minimum atomic E-state index is -0.368. The molecule has 8 nitrogen and oxygen atoms in total. The molecular weight excluding hydrogens is 466 g/mol. The summed E-state index contributed by atoms with van der Waals surface area (Å²) in [5.74, 6) is 1.28. The van der Waals surface area contributed by atoms with E-state index in [9.17, 15) is 9.59 Å². The zero-order chi connectivity index (χ0) is 24.9. The molecule has 3 fully saturated rings. The Kier molecular flexibility index (Phi) is 5.65. The number of rotatable bonds is 5. The lowest BCUT2D eigenvalue weighted by Gasteiger charge is -2.48. The van der Waals surface area contributed by atoms with Crippen LogP contribution in [0.15, 0.2) is 42.6 Å². The quantitative estimate of drug-likeness (QED) is 0.560. The molecule has 37 heavy (non-hydrogen) atoms. The molecule has 1 saturated carbocycles. The van der Waals surface area contributed by atoms with Crippen molar-refractivity contribution in [1.29, 1.82) is 0 Å². The van der Waals surface area contributed by atoms with Crippen LogP contribution in [0.2, 0.25) is 0 Å². The summed E-state index contributed by atoms with van der Waals surface area (Å²) in [4.78, 5) is 29.7. The topological polar surface area (TPSA) is 90.6 Å². The number of H-pyrrole nitrogens is 1. The molecule has 3 aliphatic heterocycles. The first-order valence-corrected chi connectivity index (χ1v) is 13.7. The van der Waals surface area contributed by atoms with Crippen LogP contribution in [0.25, 0.3) is 10.9 Å². The van der Waals surface area contributed by atoms with Gasteiger partial charge in [-0.2, -0.15) is 5.10 Å². The van der Waals surface area contributed by atoms with Gasteiger partial charge in [0.25, 0.3) is 5.91 Å². The van der Waals surface area contributed by atoms with Crippen LogP contribution in [-0.4, -0.2) is 69.6 Å². The minimum Gasteiger partial charge on any atom is -0.489 e. The SMILES string of the molecule is O=C1NCCCC1N1Cc2cc(O[C@H]3CCCC[C@H]3N3CC(c4cccc5[nH]ncc45)C3)ccc2C1=O. The van der Waals surface area contributed by atoms with Gasteiger partial charge in [-0.3, -0.25) is 19.6 Å². The Morgan fingerprint density at radius 1 is 1.00 bits per heavy atom. The number of hydrogen-bond donors (Lipinski definition) is 2. The number of aromatic nitrogens is 2. The molecule has 2 amide bonds. The van der Waals surface area contributed by atoms with Gasteiger partial charge in [0, 0.05) is 49.1 Å². The molecule has 0 radical (unpaired) electrons. The largest absolute Gasteiger partial charge is 0.489 e. The van der Waals surface area contributed by atoms with E-state index in [0.717, 1.165) is 55.6 Å². The highest BCUT2D eigenvalue weighted by atomic mass is 16.5. The van der Waals surface area contributed by atoms with Crippen molar-refractivity contribution in [1.82, 2.24) is 25.3 Å². The van der Waals surface area contributed by atoms with Crippen molar-refractivity contribution in [3.8, 4) is 5.75 Å². The van der Waals surface area contributed by atoms with E-state index in [4.69, 9.17) is 4.74 Å². The third-order valence-corrected chi connectivity index (χ3v) is 8.83. The van der Waals surface area contributed by atoms with Crippen molar-refractivity contribution < 1.29 is 14.3 Å². The fraction of sp³-hybridized carbons (Fsp3) is 0.483. The van der Waals surface area contributed by atoms with E-state index in [0.29, 0.717) is 30.6 Å². The molecule has 1 aliphatic carbocycles. The molecule has 4 heterocycles. The number of hydrogen-bond acceptors (Lipinski definition) is 5. The Hall–Kier alpha value is -3.39. The summed E-state index contributed by atoms with van der Waals surface area (Å²) in [5, 5.41) is 11.5. The molecule has 7 rings (SSSR count). The van der Waals surface area contributed by atoms with E-state index < -0.39 is 0 Å². The first-order chi connectivity index (χ1) is 18.2. The molecular formula is C29H33N5O3. The van der Waals surface area contributed by atoms with E-state index >= 15 is 0 Å². The number of aromatic amines is 1. The molecule has 2 aromatic carbocycles. The molecule has 192 valence electrons. The fourth-order valence-electron chi connectivity index (χ4n) is 6.83. The van der Waals surface area contributed by atoms with Crippen LogP contribution in [0, 0.1) is 0 Å².